The van der Waals surface area contributed by atoms with Crippen LogP contribution in [0.2, 0.25) is 0 Å². The first kappa shape index (κ1) is 15.4. The number of ether oxygens (including phenoxy) is 2. The summed E-state index contributed by atoms with van der Waals surface area (Å²) < 4.78 is 16.2. The van der Waals surface area contributed by atoms with Crippen LogP contribution in [0.25, 0.3) is 11.0 Å². The molecule has 2 aliphatic rings. The second kappa shape index (κ2) is 5.72. The zero-order chi connectivity index (χ0) is 16.7. The van der Waals surface area contributed by atoms with Crippen LogP contribution in [0.15, 0.2) is 39.5 Å². The van der Waals surface area contributed by atoms with Crippen molar-refractivity contribution in [2.45, 2.75) is 0 Å². The van der Waals surface area contributed by atoms with Crippen LogP contribution in [0.3, 0.4) is 0 Å². The van der Waals surface area contributed by atoms with Crippen molar-refractivity contribution in [3.8, 4) is 0 Å². The van der Waals surface area contributed by atoms with Crippen LogP contribution in [0.5, 0.6) is 0 Å². The number of fused-ring (bicyclic) bond motifs is 2. The maximum Gasteiger partial charge on any atom is 0.349 e. The van der Waals surface area contributed by atoms with Gasteiger partial charge in [-0.05, 0) is 12.1 Å². The van der Waals surface area contributed by atoms with Gasteiger partial charge in [-0.2, -0.15) is 0 Å². The van der Waals surface area contributed by atoms with Gasteiger partial charge >= 0.3 is 5.63 Å². The molecule has 24 heavy (non-hydrogen) atoms. The first-order valence-corrected chi connectivity index (χ1v) is 8.02. The lowest BCUT2D eigenvalue weighted by molar-refractivity contribution is 0.0487. The number of hydrogen-bond acceptors (Lipinski definition) is 5. The molecule has 2 saturated heterocycles. The Morgan fingerprint density at radius 3 is 3.08 bits per heavy atom. The number of carbonyl (C=O) groups is 1. The van der Waals surface area contributed by atoms with Crippen molar-refractivity contribution in [3.05, 3.63) is 46.3 Å². The molecule has 0 spiro atoms. The summed E-state index contributed by atoms with van der Waals surface area (Å²) >= 11 is 0. The molecule has 0 unspecified atom stereocenters. The molecular formula is C18H19NO5. The molecule has 0 N–H and O–H groups in total. The van der Waals surface area contributed by atoms with Crippen LogP contribution < -0.4 is 5.63 Å². The van der Waals surface area contributed by atoms with Crippen molar-refractivity contribution in [3.63, 3.8) is 0 Å². The van der Waals surface area contributed by atoms with Gasteiger partial charge in [-0.3, -0.25) is 4.79 Å². The highest BCUT2D eigenvalue weighted by Gasteiger charge is 2.52. The lowest BCUT2D eigenvalue weighted by Gasteiger charge is -2.25. The molecule has 3 heterocycles. The van der Waals surface area contributed by atoms with E-state index in [4.69, 9.17) is 13.9 Å². The normalized spacial score (nSPS) is 26.0. The summed E-state index contributed by atoms with van der Waals surface area (Å²) in [6.07, 6.45) is 0. The number of likely N-dealkylation sites (tertiary alicyclic amines) is 1. The van der Waals surface area contributed by atoms with Gasteiger partial charge in [-0.15, -0.1) is 0 Å². The van der Waals surface area contributed by atoms with E-state index in [0.717, 1.165) is 5.39 Å². The average Bonchev–Trinajstić information content (AvgIpc) is 3.10. The molecule has 1 aromatic carbocycles. The van der Waals surface area contributed by atoms with E-state index < -0.39 is 5.63 Å². The van der Waals surface area contributed by atoms with Gasteiger partial charge in [0.25, 0.3) is 5.91 Å². The molecular weight excluding hydrogens is 310 g/mol. The zero-order valence-corrected chi connectivity index (χ0v) is 13.5. The first-order chi connectivity index (χ1) is 11.6. The summed E-state index contributed by atoms with van der Waals surface area (Å²) in [4.78, 5) is 26.8. The van der Waals surface area contributed by atoms with Crippen LogP contribution in [-0.2, 0) is 9.47 Å². The van der Waals surface area contributed by atoms with Gasteiger partial charge in [0.1, 0.15) is 11.1 Å². The predicted molar refractivity (Wildman–Crippen MR) is 87.0 cm³/mol. The predicted octanol–water partition coefficient (Wildman–Crippen LogP) is 1.53. The second-order valence-electron chi connectivity index (χ2n) is 6.68. The monoisotopic (exact) mass is 329 g/mol. The molecule has 6 heteroatoms. The molecule has 0 aliphatic carbocycles. The summed E-state index contributed by atoms with van der Waals surface area (Å²) in [7, 11) is 1.66. The Hall–Kier alpha value is -2.18. The quantitative estimate of drug-likeness (QED) is 0.799. The molecule has 4 rings (SSSR count). The van der Waals surface area contributed by atoms with E-state index in [0.29, 0.717) is 38.5 Å². The van der Waals surface area contributed by atoms with Crippen molar-refractivity contribution >= 4 is 16.9 Å². The molecule has 0 radical (unpaired) electrons. The smallest absolute Gasteiger partial charge is 0.349 e. The van der Waals surface area contributed by atoms with Gasteiger partial charge in [0.05, 0.1) is 19.8 Å². The van der Waals surface area contributed by atoms with Gasteiger partial charge in [0.15, 0.2) is 0 Å². The van der Waals surface area contributed by atoms with E-state index >= 15 is 0 Å². The van der Waals surface area contributed by atoms with Gasteiger partial charge in [-0.25, -0.2) is 4.79 Å². The van der Waals surface area contributed by atoms with Crippen molar-refractivity contribution in [2.24, 2.45) is 11.3 Å². The largest absolute Gasteiger partial charge is 0.422 e. The SMILES string of the molecule is COC[C@@]12COC[C@@H]1CN(C(=O)c1cc3ccccc3oc1=O)C2. The maximum atomic E-state index is 12.9. The van der Waals surface area contributed by atoms with Crippen molar-refractivity contribution in [2.75, 3.05) is 40.0 Å². The Morgan fingerprint density at radius 2 is 2.25 bits per heavy atom. The highest BCUT2D eigenvalue weighted by molar-refractivity contribution is 5.96. The minimum Gasteiger partial charge on any atom is -0.422 e. The summed E-state index contributed by atoms with van der Waals surface area (Å²) in [5, 5.41) is 0.745. The first-order valence-electron chi connectivity index (χ1n) is 8.02. The lowest BCUT2D eigenvalue weighted by Crippen LogP contribution is -2.38. The summed E-state index contributed by atoms with van der Waals surface area (Å²) in [6, 6.07) is 8.81. The molecule has 1 aromatic heterocycles. The third-order valence-electron chi connectivity index (χ3n) is 5.11. The standard InChI is InChI=1S/C18H19NO5/c1-22-10-18-9-19(7-13(18)8-23-11-18)16(20)14-6-12-4-2-3-5-15(12)24-17(14)21/h2-6,13H,7-11H2,1H3/t13-,18-/m0/s1. The van der Waals surface area contributed by atoms with E-state index in [1.165, 1.54) is 0 Å². The number of methoxy groups -OCH3 is 1. The molecule has 1 amide bonds. The molecule has 2 fully saturated rings. The fraction of sp³-hybridized carbons (Fsp3) is 0.444. The minimum atomic E-state index is -0.590. The molecule has 6 nitrogen and oxygen atoms in total. The summed E-state index contributed by atoms with van der Waals surface area (Å²) in [6.45, 7) is 2.87. The van der Waals surface area contributed by atoms with Gasteiger partial charge in [0.2, 0.25) is 0 Å². The average molecular weight is 329 g/mol. The van der Waals surface area contributed by atoms with Gasteiger partial charge < -0.3 is 18.8 Å². The number of carbonyl (C=O) groups excluding carboxylic acids is 1. The number of rotatable bonds is 3. The molecule has 0 bridgehead atoms. The minimum absolute atomic E-state index is 0.0853. The molecule has 2 aliphatic heterocycles. The van der Waals surface area contributed by atoms with Crippen molar-refractivity contribution < 1.29 is 18.7 Å². The van der Waals surface area contributed by atoms with Crippen LogP contribution in [0.1, 0.15) is 10.4 Å². The van der Waals surface area contributed by atoms with Gasteiger partial charge in [-0.1, -0.05) is 18.2 Å². The number of amides is 1. The van der Waals surface area contributed by atoms with Crippen molar-refractivity contribution in [1.82, 2.24) is 4.90 Å². The van der Waals surface area contributed by atoms with E-state index in [2.05, 4.69) is 0 Å². The summed E-state index contributed by atoms with van der Waals surface area (Å²) in [5.41, 5.74) is -0.182. The van der Waals surface area contributed by atoms with Crippen molar-refractivity contribution in [1.29, 1.82) is 0 Å². The lowest BCUT2D eigenvalue weighted by atomic mass is 9.82. The molecule has 0 saturated carbocycles. The Morgan fingerprint density at radius 1 is 1.42 bits per heavy atom. The number of nitrogens with zero attached hydrogens (tertiary/aromatic N) is 1. The van der Waals surface area contributed by atoms with E-state index in [1.807, 2.05) is 12.1 Å². The Bertz CT molecular complexity index is 845. The van der Waals surface area contributed by atoms with E-state index in [9.17, 15) is 9.59 Å². The van der Waals surface area contributed by atoms with Crippen LogP contribution in [0.4, 0.5) is 0 Å². The van der Waals surface area contributed by atoms with Crippen LogP contribution >= 0.6 is 0 Å². The Kier molecular flexibility index (Phi) is 3.66. The second-order valence-corrected chi connectivity index (χ2v) is 6.68. The Balaban J connectivity index is 1.65. The highest BCUT2D eigenvalue weighted by atomic mass is 16.5. The number of hydrogen-bond donors (Lipinski definition) is 0. The van der Waals surface area contributed by atoms with Crippen LogP contribution in [0, 0.1) is 11.3 Å². The van der Waals surface area contributed by atoms with E-state index in [1.54, 1.807) is 30.2 Å². The Labute approximate surface area is 139 Å². The molecule has 2 atom stereocenters. The third kappa shape index (κ3) is 2.34. The fourth-order valence-electron chi connectivity index (χ4n) is 3.86. The highest BCUT2D eigenvalue weighted by Crippen LogP contribution is 2.41. The topological polar surface area (TPSA) is 69.0 Å². The van der Waals surface area contributed by atoms with E-state index in [-0.39, 0.29) is 22.8 Å². The number of benzene rings is 1. The maximum absolute atomic E-state index is 12.9. The summed E-state index contributed by atoms with van der Waals surface area (Å²) in [5.74, 6) is -0.0340. The van der Waals surface area contributed by atoms with Gasteiger partial charge in [0, 0.05) is 36.9 Å². The fourth-order valence-corrected chi connectivity index (χ4v) is 3.86. The van der Waals surface area contributed by atoms with Crippen LogP contribution in [-0.4, -0.2) is 50.8 Å². The third-order valence-corrected chi connectivity index (χ3v) is 5.11. The molecule has 2 aromatic rings. The zero-order valence-electron chi connectivity index (χ0n) is 13.5. The molecule has 126 valence electrons. The number of para-hydroxylation sites is 1.